The molecule has 0 aromatic heterocycles. The van der Waals surface area contributed by atoms with Crippen molar-refractivity contribution in [1.29, 1.82) is 0 Å². The van der Waals surface area contributed by atoms with E-state index in [0.717, 1.165) is 25.4 Å². The van der Waals surface area contributed by atoms with Gasteiger partial charge in [0.05, 0.1) is 0 Å². The van der Waals surface area contributed by atoms with Crippen molar-refractivity contribution in [3.8, 4) is 0 Å². The predicted molar refractivity (Wildman–Crippen MR) is 52.7 cm³/mol. The molecule has 1 aliphatic rings. The van der Waals surface area contributed by atoms with Gasteiger partial charge in [-0.3, -0.25) is 0 Å². The maximum atomic E-state index is 5.45. The molecule has 0 aliphatic carbocycles. The molecule has 0 amide bonds. The van der Waals surface area contributed by atoms with Crippen LogP contribution in [0.3, 0.4) is 0 Å². The van der Waals surface area contributed by atoms with E-state index in [0.29, 0.717) is 0 Å². The lowest BCUT2D eigenvalue weighted by molar-refractivity contribution is 0.373. The second-order valence-electron chi connectivity index (χ2n) is 3.34. The molecule has 68 valence electrons. The van der Waals surface area contributed by atoms with Crippen molar-refractivity contribution in [1.82, 2.24) is 5.32 Å². The Bertz CT molecular complexity index is 167. The third kappa shape index (κ3) is 2.70. The van der Waals surface area contributed by atoms with E-state index >= 15 is 0 Å². The largest absolute Gasteiger partial charge is 0.404 e. The normalized spacial score (nSPS) is 20.8. The molecule has 0 saturated carbocycles. The van der Waals surface area contributed by atoms with E-state index in [4.69, 9.17) is 5.73 Å². The molecule has 1 fully saturated rings. The topological polar surface area (TPSA) is 38.0 Å². The van der Waals surface area contributed by atoms with E-state index < -0.39 is 0 Å². The van der Waals surface area contributed by atoms with E-state index in [9.17, 15) is 0 Å². The molecule has 12 heavy (non-hydrogen) atoms. The summed E-state index contributed by atoms with van der Waals surface area (Å²) in [7, 11) is 0. The van der Waals surface area contributed by atoms with Gasteiger partial charge >= 0.3 is 0 Å². The fourth-order valence-electron chi connectivity index (χ4n) is 1.64. The van der Waals surface area contributed by atoms with Crippen molar-refractivity contribution in [3.05, 3.63) is 24.4 Å². The second kappa shape index (κ2) is 4.99. The van der Waals surface area contributed by atoms with Crippen LogP contribution in [-0.2, 0) is 0 Å². The number of nitrogens with one attached hydrogen (secondary N) is 1. The van der Waals surface area contributed by atoms with Crippen LogP contribution in [0.4, 0.5) is 0 Å². The number of hydrogen-bond acceptors (Lipinski definition) is 2. The molecule has 1 aliphatic heterocycles. The Labute approximate surface area is 74.5 Å². The maximum Gasteiger partial charge on any atom is -0.00298 e. The highest BCUT2D eigenvalue weighted by Crippen LogP contribution is 2.20. The highest BCUT2D eigenvalue weighted by molar-refractivity contribution is 5.15. The summed E-state index contributed by atoms with van der Waals surface area (Å²) in [5.41, 5.74) is 6.63. The first kappa shape index (κ1) is 9.33. The molecule has 0 aromatic rings. The van der Waals surface area contributed by atoms with Gasteiger partial charge in [-0.1, -0.05) is 12.7 Å². The standard InChI is InChI=1S/C10H18N2/c1-2-9(8-11)7-10-3-5-12-6-4-10/h2,8,10,12H,1,3-7,11H2/b9-8+. The lowest BCUT2D eigenvalue weighted by Gasteiger charge is -2.22. The summed E-state index contributed by atoms with van der Waals surface area (Å²) in [6.45, 7) is 6.04. The molecule has 0 bridgehead atoms. The number of piperidine rings is 1. The summed E-state index contributed by atoms with van der Waals surface area (Å²) in [4.78, 5) is 0. The summed E-state index contributed by atoms with van der Waals surface area (Å²) < 4.78 is 0. The van der Waals surface area contributed by atoms with Crippen molar-refractivity contribution in [2.45, 2.75) is 19.3 Å². The zero-order valence-corrected chi connectivity index (χ0v) is 7.55. The van der Waals surface area contributed by atoms with Gasteiger partial charge in [0, 0.05) is 0 Å². The Kier molecular flexibility index (Phi) is 3.88. The fraction of sp³-hybridized carbons (Fsp3) is 0.600. The molecular weight excluding hydrogens is 148 g/mol. The Balaban J connectivity index is 2.33. The number of nitrogens with two attached hydrogens (primary N) is 1. The Morgan fingerprint density at radius 2 is 2.17 bits per heavy atom. The number of rotatable bonds is 3. The summed E-state index contributed by atoms with van der Waals surface area (Å²) >= 11 is 0. The van der Waals surface area contributed by atoms with Gasteiger partial charge in [0.25, 0.3) is 0 Å². The predicted octanol–water partition coefficient (Wildman–Crippen LogP) is 1.40. The molecule has 1 saturated heterocycles. The zero-order chi connectivity index (χ0) is 8.81. The molecule has 2 nitrogen and oxygen atoms in total. The molecule has 1 rings (SSSR count). The van der Waals surface area contributed by atoms with E-state index in [2.05, 4.69) is 11.9 Å². The monoisotopic (exact) mass is 166 g/mol. The van der Waals surface area contributed by atoms with E-state index in [-0.39, 0.29) is 0 Å². The third-order valence-electron chi connectivity index (χ3n) is 2.46. The van der Waals surface area contributed by atoms with E-state index in [1.54, 1.807) is 6.20 Å². The van der Waals surface area contributed by atoms with Gasteiger partial charge in [-0.05, 0) is 50.0 Å². The van der Waals surface area contributed by atoms with Crippen LogP contribution in [0.15, 0.2) is 24.4 Å². The minimum atomic E-state index is 0.805. The lowest BCUT2D eigenvalue weighted by Crippen LogP contribution is -2.27. The summed E-state index contributed by atoms with van der Waals surface area (Å²) in [5, 5.41) is 3.35. The maximum absolute atomic E-state index is 5.45. The van der Waals surface area contributed by atoms with Gasteiger partial charge in [-0.2, -0.15) is 0 Å². The summed E-state index contributed by atoms with van der Waals surface area (Å²) in [6, 6.07) is 0. The Morgan fingerprint density at radius 1 is 1.50 bits per heavy atom. The highest BCUT2D eigenvalue weighted by atomic mass is 14.9. The van der Waals surface area contributed by atoms with Crippen LogP contribution in [0.2, 0.25) is 0 Å². The van der Waals surface area contributed by atoms with Crippen molar-refractivity contribution in [2.75, 3.05) is 13.1 Å². The van der Waals surface area contributed by atoms with Crippen molar-refractivity contribution < 1.29 is 0 Å². The number of allylic oxidation sites excluding steroid dienone is 2. The second-order valence-corrected chi connectivity index (χ2v) is 3.34. The van der Waals surface area contributed by atoms with Gasteiger partial charge < -0.3 is 11.1 Å². The molecule has 0 aromatic carbocycles. The number of hydrogen-bond donors (Lipinski definition) is 2. The van der Waals surface area contributed by atoms with Crippen LogP contribution in [0.5, 0.6) is 0 Å². The van der Waals surface area contributed by atoms with Gasteiger partial charge in [-0.25, -0.2) is 0 Å². The summed E-state index contributed by atoms with van der Waals surface area (Å²) in [6.07, 6.45) is 7.18. The molecule has 0 spiro atoms. The average molecular weight is 166 g/mol. The fourth-order valence-corrected chi connectivity index (χ4v) is 1.64. The molecule has 0 unspecified atom stereocenters. The molecular formula is C10H18N2. The molecule has 0 radical (unpaired) electrons. The van der Waals surface area contributed by atoms with Gasteiger partial charge in [-0.15, -0.1) is 0 Å². The smallest absolute Gasteiger partial charge is 0.00298 e. The molecule has 2 heteroatoms. The zero-order valence-electron chi connectivity index (χ0n) is 7.55. The van der Waals surface area contributed by atoms with Crippen LogP contribution in [-0.4, -0.2) is 13.1 Å². The van der Waals surface area contributed by atoms with E-state index in [1.165, 1.54) is 18.4 Å². The van der Waals surface area contributed by atoms with Crippen LogP contribution in [0.25, 0.3) is 0 Å². The minimum absolute atomic E-state index is 0.805. The average Bonchev–Trinajstić information content (AvgIpc) is 2.16. The van der Waals surface area contributed by atoms with Crippen LogP contribution in [0, 0.1) is 5.92 Å². The molecule has 1 heterocycles. The van der Waals surface area contributed by atoms with Crippen LogP contribution < -0.4 is 11.1 Å². The minimum Gasteiger partial charge on any atom is -0.404 e. The first-order valence-corrected chi connectivity index (χ1v) is 4.60. The van der Waals surface area contributed by atoms with Gasteiger partial charge in [0.1, 0.15) is 0 Å². The Morgan fingerprint density at radius 3 is 2.67 bits per heavy atom. The van der Waals surface area contributed by atoms with E-state index in [1.807, 2.05) is 6.08 Å². The Hall–Kier alpha value is -0.760. The quantitative estimate of drug-likeness (QED) is 0.622. The molecule has 3 N–H and O–H groups in total. The van der Waals surface area contributed by atoms with Crippen molar-refractivity contribution >= 4 is 0 Å². The molecule has 0 atom stereocenters. The van der Waals surface area contributed by atoms with Gasteiger partial charge in [0.15, 0.2) is 0 Å². The van der Waals surface area contributed by atoms with Gasteiger partial charge in [0.2, 0.25) is 0 Å². The summed E-state index contributed by atoms with van der Waals surface area (Å²) in [5.74, 6) is 0.805. The van der Waals surface area contributed by atoms with Crippen LogP contribution >= 0.6 is 0 Å². The SMILES string of the molecule is C=C/C(=C\N)CC1CCNCC1. The first-order valence-electron chi connectivity index (χ1n) is 4.60. The van der Waals surface area contributed by atoms with Crippen molar-refractivity contribution in [3.63, 3.8) is 0 Å². The highest BCUT2D eigenvalue weighted by Gasteiger charge is 2.12. The first-order chi connectivity index (χ1) is 5.86. The van der Waals surface area contributed by atoms with Crippen LogP contribution in [0.1, 0.15) is 19.3 Å². The lowest BCUT2D eigenvalue weighted by atomic mass is 9.91. The third-order valence-corrected chi connectivity index (χ3v) is 2.46. The van der Waals surface area contributed by atoms with Crippen molar-refractivity contribution in [2.24, 2.45) is 11.7 Å².